The number of para-hydroxylation sites is 1. The Morgan fingerprint density at radius 3 is 2.81 bits per heavy atom. The van der Waals surface area contributed by atoms with Gasteiger partial charge < -0.3 is 15.0 Å². The molecule has 26 heavy (non-hydrogen) atoms. The van der Waals surface area contributed by atoms with Gasteiger partial charge in [0.15, 0.2) is 0 Å². The lowest BCUT2D eigenvalue weighted by atomic mass is 10.1. The summed E-state index contributed by atoms with van der Waals surface area (Å²) in [6.07, 6.45) is 3.81. The molecule has 2 aromatic rings. The average Bonchev–Trinajstić information content (AvgIpc) is 3.10. The van der Waals surface area contributed by atoms with Crippen molar-refractivity contribution in [1.29, 1.82) is 0 Å². The number of hydrogen-bond acceptors (Lipinski definition) is 5. The number of benzene rings is 1. The van der Waals surface area contributed by atoms with Crippen LogP contribution in [0.15, 0.2) is 36.7 Å². The van der Waals surface area contributed by atoms with E-state index in [0.29, 0.717) is 12.1 Å². The summed E-state index contributed by atoms with van der Waals surface area (Å²) in [5.41, 5.74) is 2.54. The molecular formula is C19H27N5O2. The summed E-state index contributed by atoms with van der Waals surface area (Å²) in [6.45, 7) is 5.66. The zero-order valence-electron chi connectivity index (χ0n) is 15.5. The first kappa shape index (κ1) is 18.6. The first-order chi connectivity index (χ1) is 12.6. The van der Waals surface area contributed by atoms with E-state index in [9.17, 15) is 4.79 Å². The highest BCUT2D eigenvalue weighted by Crippen LogP contribution is 2.15. The molecule has 1 aliphatic heterocycles. The van der Waals surface area contributed by atoms with E-state index in [-0.39, 0.29) is 5.91 Å². The summed E-state index contributed by atoms with van der Waals surface area (Å²) in [6, 6.07) is 7.56. The van der Waals surface area contributed by atoms with Gasteiger partial charge in [-0.3, -0.25) is 9.69 Å². The zero-order chi connectivity index (χ0) is 18.4. The van der Waals surface area contributed by atoms with Gasteiger partial charge in [0.25, 0.3) is 5.91 Å². The second-order valence-electron chi connectivity index (χ2n) is 6.76. The summed E-state index contributed by atoms with van der Waals surface area (Å²) >= 11 is 0. The van der Waals surface area contributed by atoms with Gasteiger partial charge in [-0.25, -0.2) is 4.68 Å². The highest BCUT2D eigenvalue weighted by Gasteiger charge is 2.14. The van der Waals surface area contributed by atoms with Crippen LogP contribution in [-0.2, 0) is 11.3 Å². The molecular weight excluding hydrogens is 330 g/mol. The topological polar surface area (TPSA) is 62.6 Å². The van der Waals surface area contributed by atoms with Crippen LogP contribution in [0.25, 0.3) is 5.69 Å². The molecule has 1 amide bonds. The van der Waals surface area contributed by atoms with Crippen molar-refractivity contribution in [3.8, 4) is 5.69 Å². The largest absolute Gasteiger partial charge is 0.379 e. The fourth-order valence-corrected chi connectivity index (χ4v) is 3.05. The predicted octanol–water partition coefficient (Wildman–Crippen LogP) is 0.996. The zero-order valence-corrected chi connectivity index (χ0v) is 15.5. The molecule has 7 heteroatoms. The lowest BCUT2D eigenvalue weighted by Crippen LogP contribution is -2.41. The lowest BCUT2D eigenvalue weighted by Gasteiger charge is -2.26. The molecule has 140 valence electrons. The molecule has 1 aliphatic rings. The smallest absolute Gasteiger partial charge is 0.253 e. The van der Waals surface area contributed by atoms with E-state index in [4.69, 9.17) is 4.74 Å². The third-order valence-electron chi connectivity index (χ3n) is 4.35. The lowest BCUT2D eigenvalue weighted by molar-refractivity contribution is 0.0383. The van der Waals surface area contributed by atoms with Crippen molar-refractivity contribution in [3.05, 3.63) is 47.8 Å². The fourth-order valence-electron chi connectivity index (χ4n) is 3.05. The highest BCUT2D eigenvalue weighted by atomic mass is 16.5. The Bertz CT molecular complexity index is 722. The van der Waals surface area contributed by atoms with Crippen molar-refractivity contribution >= 4 is 5.91 Å². The highest BCUT2D eigenvalue weighted by molar-refractivity contribution is 5.97. The summed E-state index contributed by atoms with van der Waals surface area (Å²) in [7, 11) is 4.04. The molecule has 3 rings (SSSR count). The number of carbonyl (C=O) groups excluding carboxylic acids is 1. The van der Waals surface area contributed by atoms with E-state index >= 15 is 0 Å². The van der Waals surface area contributed by atoms with Crippen LogP contribution in [0.1, 0.15) is 15.9 Å². The number of hydrogen-bond donors (Lipinski definition) is 1. The van der Waals surface area contributed by atoms with Crippen LogP contribution in [0, 0.1) is 0 Å². The van der Waals surface area contributed by atoms with Crippen LogP contribution in [0.5, 0.6) is 0 Å². The summed E-state index contributed by atoms with van der Waals surface area (Å²) in [5, 5.41) is 7.45. The number of rotatable bonds is 7. The molecule has 7 nitrogen and oxygen atoms in total. The second kappa shape index (κ2) is 8.93. The quantitative estimate of drug-likeness (QED) is 0.801. The molecule has 1 fully saturated rings. The van der Waals surface area contributed by atoms with Gasteiger partial charge in [-0.1, -0.05) is 12.1 Å². The van der Waals surface area contributed by atoms with Gasteiger partial charge in [-0.2, -0.15) is 5.10 Å². The van der Waals surface area contributed by atoms with Gasteiger partial charge in [0.2, 0.25) is 0 Å². The normalized spacial score (nSPS) is 15.3. The van der Waals surface area contributed by atoms with Crippen molar-refractivity contribution in [2.24, 2.45) is 0 Å². The molecule has 0 atom stereocenters. The van der Waals surface area contributed by atoms with Crippen LogP contribution in [0.4, 0.5) is 0 Å². The molecule has 1 N–H and O–H groups in total. The Hall–Kier alpha value is -2.22. The number of morpholine rings is 1. The Labute approximate surface area is 154 Å². The number of nitrogens with zero attached hydrogens (tertiary/aromatic N) is 4. The van der Waals surface area contributed by atoms with Crippen molar-refractivity contribution in [2.45, 2.75) is 6.54 Å². The molecule has 0 spiro atoms. The SMILES string of the molecule is CN(C)Cc1cnn(-c2ccccc2C(=O)NCCN2CCOCC2)c1. The van der Waals surface area contributed by atoms with E-state index in [1.165, 1.54) is 0 Å². The minimum absolute atomic E-state index is 0.0708. The third kappa shape index (κ3) is 4.91. The standard InChI is InChI=1S/C19H27N5O2/c1-22(2)14-16-13-21-24(15-16)18-6-4-3-5-17(18)19(25)20-7-8-23-9-11-26-12-10-23/h3-6,13,15H,7-12,14H2,1-2H3,(H,20,25). The maximum absolute atomic E-state index is 12.7. The first-order valence-electron chi connectivity index (χ1n) is 8.99. The minimum Gasteiger partial charge on any atom is -0.379 e. The maximum atomic E-state index is 12.7. The monoisotopic (exact) mass is 357 g/mol. The third-order valence-corrected chi connectivity index (χ3v) is 4.35. The first-order valence-corrected chi connectivity index (χ1v) is 8.99. The van der Waals surface area contributed by atoms with Crippen LogP contribution in [0.2, 0.25) is 0 Å². The van der Waals surface area contributed by atoms with Crippen LogP contribution >= 0.6 is 0 Å². The molecule has 0 saturated carbocycles. The number of ether oxygens (including phenoxy) is 1. The molecule has 0 bridgehead atoms. The van der Waals surface area contributed by atoms with E-state index < -0.39 is 0 Å². The molecule has 0 radical (unpaired) electrons. The van der Waals surface area contributed by atoms with E-state index in [2.05, 4.69) is 20.2 Å². The minimum atomic E-state index is -0.0708. The fraction of sp³-hybridized carbons (Fsp3) is 0.474. The van der Waals surface area contributed by atoms with Gasteiger partial charge in [-0.05, 0) is 26.2 Å². The van der Waals surface area contributed by atoms with Crippen molar-refractivity contribution < 1.29 is 9.53 Å². The number of aromatic nitrogens is 2. The van der Waals surface area contributed by atoms with E-state index in [1.807, 2.05) is 50.8 Å². The van der Waals surface area contributed by atoms with Gasteiger partial charge >= 0.3 is 0 Å². The van der Waals surface area contributed by atoms with Gasteiger partial charge in [0.1, 0.15) is 0 Å². The van der Waals surface area contributed by atoms with Crippen LogP contribution < -0.4 is 5.32 Å². The molecule has 0 aliphatic carbocycles. The molecule has 2 heterocycles. The Morgan fingerprint density at radius 1 is 1.27 bits per heavy atom. The second-order valence-corrected chi connectivity index (χ2v) is 6.76. The van der Waals surface area contributed by atoms with Gasteiger partial charge in [-0.15, -0.1) is 0 Å². The molecule has 0 unspecified atom stereocenters. The van der Waals surface area contributed by atoms with E-state index in [1.54, 1.807) is 4.68 Å². The Kier molecular flexibility index (Phi) is 6.38. The van der Waals surface area contributed by atoms with Crippen molar-refractivity contribution in [2.75, 3.05) is 53.5 Å². The number of amides is 1. The van der Waals surface area contributed by atoms with Crippen molar-refractivity contribution in [3.63, 3.8) is 0 Å². The van der Waals surface area contributed by atoms with Gasteiger partial charge in [0, 0.05) is 44.5 Å². The maximum Gasteiger partial charge on any atom is 0.253 e. The van der Waals surface area contributed by atoms with Gasteiger partial charge in [0.05, 0.1) is 30.7 Å². The van der Waals surface area contributed by atoms with Crippen LogP contribution in [-0.4, -0.2) is 79.0 Å². The predicted molar refractivity (Wildman–Crippen MR) is 101 cm³/mol. The van der Waals surface area contributed by atoms with Crippen LogP contribution in [0.3, 0.4) is 0 Å². The number of carbonyl (C=O) groups is 1. The van der Waals surface area contributed by atoms with E-state index in [0.717, 1.165) is 50.6 Å². The average molecular weight is 357 g/mol. The molecule has 1 saturated heterocycles. The number of nitrogens with one attached hydrogen (secondary N) is 1. The Balaban J connectivity index is 1.64. The van der Waals surface area contributed by atoms with Crippen molar-refractivity contribution in [1.82, 2.24) is 24.9 Å². The molecule has 1 aromatic heterocycles. The summed E-state index contributed by atoms with van der Waals surface area (Å²) < 4.78 is 7.12. The Morgan fingerprint density at radius 2 is 2.04 bits per heavy atom. The summed E-state index contributed by atoms with van der Waals surface area (Å²) in [4.78, 5) is 17.1. The summed E-state index contributed by atoms with van der Waals surface area (Å²) in [5.74, 6) is -0.0708. The molecule has 1 aromatic carbocycles.